The maximum Gasteiger partial charge on any atom is 0.319 e. The first kappa shape index (κ1) is 17.1. The summed E-state index contributed by atoms with van der Waals surface area (Å²) >= 11 is 0. The molecular weight excluding hydrogens is 328 g/mol. The van der Waals surface area contributed by atoms with Crippen LogP contribution in [-0.4, -0.2) is 29.1 Å². The van der Waals surface area contributed by atoms with Gasteiger partial charge in [-0.2, -0.15) is 0 Å². The average molecular weight is 347 g/mol. The SMILES string of the molecule is Cc1cc(CNC(=O)Nc2cc(F)cc(F)c2)nc(N2CCCC2)n1. The van der Waals surface area contributed by atoms with E-state index in [4.69, 9.17) is 0 Å². The molecule has 1 aliphatic rings. The lowest BCUT2D eigenvalue weighted by atomic mass is 10.3. The van der Waals surface area contributed by atoms with Gasteiger partial charge in [0.15, 0.2) is 0 Å². The minimum Gasteiger partial charge on any atom is -0.341 e. The first-order valence-electron chi connectivity index (χ1n) is 8.10. The van der Waals surface area contributed by atoms with Gasteiger partial charge in [-0.25, -0.2) is 23.5 Å². The van der Waals surface area contributed by atoms with Crippen molar-refractivity contribution < 1.29 is 13.6 Å². The van der Waals surface area contributed by atoms with Crippen molar-refractivity contribution in [2.24, 2.45) is 0 Å². The molecule has 0 unspecified atom stereocenters. The highest BCUT2D eigenvalue weighted by molar-refractivity contribution is 5.89. The summed E-state index contributed by atoms with van der Waals surface area (Å²) in [6.07, 6.45) is 2.25. The van der Waals surface area contributed by atoms with Crippen molar-refractivity contribution in [3.63, 3.8) is 0 Å². The van der Waals surface area contributed by atoms with Gasteiger partial charge in [-0.15, -0.1) is 0 Å². The lowest BCUT2D eigenvalue weighted by molar-refractivity contribution is 0.251. The number of nitrogens with one attached hydrogen (secondary N) is 2. The van der Waals surface area contributed by atoms with Gasteiger partial charge in [0.1, 0.15) is 11.6 Å². The molecule has 2 aromatic rings. The number of hydrogen-bond donors (Lipinski definition) is 2. The minimum absolute atomic E-state index is 0.0478. The number of rotatable bonds is 4. The van der Waals surface area contributed by atoms with Crippen LogP contribution in [0.4, 0.5) is 25.2 Å². The Balaban J connectivity index is 1.61. The molecule has 3 rings (SSSR count). The van der Waals surface area contributed by atoms with Gasteiger partial charge in [0.2, 0.25) is 5.95 Å². The molecule has 25 heavy (non-hydrogen) atoms. The highest BCUT2D eigenvalue weighted by atomic mass is 19.1. The minimum atomic E-state index is -0.753. The molecule has 0 bridgehead atoms. The van der Waals surface area contributed by atoms with Gasteiger partial charge < -0.3 is 15.5 Å². The van der Waals surface area contributed by atoms with Crippen LogP contribution in [0.2, 0.25) is 0 Å². The van der Waals surface area contributed by atoms with Gasteiger partial charge in [0.25, 0.3) is 0 Å². The van der Waals surface area contributed by atoms with E-state index in [2.05, 4.69) is 25.5 Å². The summed E-state index contributed by atoms with van der Waals surface area (Å²) in [4.78, 5) is 22.9. The van der Waals surface area contributed by atoms with Gasteiger partial charge in [-0.05, 0) is 38.0 Å². The quantitative estimate of drug-likeness (QED) is 0.892. The van der Waals surface area contributed by atoms with Crippen molar-refractivity contribution in [1.29, 1.82) is 0 Å². The second-order valence-corrected chi connectivity index (χ2v) is 5.96. The normalized spacial score (nSPS) is 13.8. The predicted octanol–water partition coefficient (Wildman–Crippen LogP) is 2.99. The fraction of sp³-hybridized carbons (Fsp3) is 0.353. The Hall–Kier alpha value is -2.77. The van der Waals surface area contributed by atoms with Crippen molar-refractivity contribution in [3.05, 3.63) is 47.3 Å². The lowest BCUT2D eigenvalue weighted by Gasteiger charge is -2.16. The molecule has 2 amide bonds. The third kappa shape index (κ3) is 4.62. The average Bonchev–Trinajstić information content (AvgIpc) is 3.06. The molecule has 1 saturated heterocycles. The standard InChI is InChI=1S/C17H19F2N5O/c1-11-6-15(22-16(21-11)24-4-2-3-5-24)10-20-17(25)23-14-8-12(18)7-13(19)9-14/h6-9H,2-5,10H2,1H3,(H2,20,23,25). The molecule has 1 aromatic carbocycles. The maximum absolute atomic E-state index is 13.1. The Morgan fingerprint density at radius 3 is 2.48 bits per heavy atom. The van der Waals surface area contributed by atoms with Crippen LogP contribution in [0.1, 0.15) is 24.2 Å². The molecule has 6 nitrogen and oxygen atoms in total. The van der Waals surface area contributed by atoms with Crippen LogP contribution in [0.3, 0.4) is 0 Å². The third-order valence-electron chi connectivity index (χ3n) is 3.83. The summed E-state index contributed by atoms with van der Waals surface area (Å²) in [5.41, 5.74) is 1.54. The zero-order valence-electron chi connectivity index (χ0n) is 13.9. The topological polar surface area (TPSA) is 70.2 Å². The number of amides is 2. The van der Waals surface area contributed by atoms with E-state index < -0.39 is 17.7 Å². The highest BCUT2D eigenvalue weighted by Gasteiger charge is 2.16. The fourth-order valence-electron chi connectivity index (χ4n) is 2.74. The zero-order chi connectivity index (χ0) is 17.8. The largest absolute Gasteiger partial charge is 0.341 e. The number of anilines is 2. The maximum atomic E-state index is 13.1. The molecule has 0 spiro atoms. The Kier molecular flexibility index (Phi) is 5.06. The first-order chi connectivity index (χ1) is 12.0. The van der Waals surface area contributed by atoms with Gasteiger partial charge in [0, 0.05) is 30.5 Å². The van der Waals surface area contributed by atoms with E-state index in [-0.39, 0.29) is 12.2 Å². The number of carbonyl (C=O) groups is 1. The molecule has 1 aromatic heterocycles. The van der Waals surface area contributed by atoms with E-state index >= 15 is 0 Å². The predicted molar refractivity (Wildman–Crippen MR) is 90.4 cm³/mol. The summed E-state index contributed by atoms with van der Waals surface area (Å²) in [7, 11) is 0. The van der Waals surface area contributed by atoms with Crippen LogP contribution in [0.25, 0.3) is 0 Å². The smallest absolute Gasteiger partial charge is 0.319 e. The van der Waals surface area contributed by atoms with E-state index in [0.29, 0.717) is 11.6 Å². The Labute approximate surface area is 144 Å². The van der Waals surface area contributed by atoms with E-state index in [0.717, 1.165) is 49.8 Å². The summed E-state index contributed by atoms with van der Waals surface area (Å²) in [6.45, 7) is 3.93. The number of benzene rings is 1. The third-order valence-corrected chi connectivity index (χ3v) is 3.83. The molecule has 0 radical (unpaired) electrons. The molecule has 1 fully saturated rings. The lowest BCUT2D eigenvalue weighted by Crippen LogP contribution is -2.29. The molecule has 8 heteroatoms. The summed E-state index contributed by atoms with van der Waals surface area (Å²) in [5, 5.41) is 5.02. The summed E-state index contributed by atoms with van der Waals surface area (Å²) < 4.78 is 26.3. The van der Waals surface area contributed by atoms with Crippen LogP contribution < -0.4 is 15.5 Å². The Bertz CT molecular complexity index is 757. The molecular formula is C17H19F2N5O. The van der Waals surface area contributed by atoms with Crippen LogP contribution in [0.15, 0.2) is 24.3 Å². The molecule has 1 aliphatic heterocycles. The fourth-order valence-corrected chi connectivity index (χ4v) is 2.74. The van der Waals surface area contributed by atoms with Crippen molar-refractivity contribution in [1.82, 2.24) is 15.3 Å². The number of aryl methyl sites for hydroxylation is 1. The van der Waals surface area contributed by atoms with Crippen molar-refractivity contribution >= 4 is 17.7 Å². The van der Waals surface area contributed by atoms with E-state index in [1.807, 2.05) is 6.92 Å². The van der Waals surface area contributed by atoms with Gasteiger partial charge in [0.05, 0.1) is 12.2 Å². The second-order valence-electron chi connectivity index (χ2n) is 5.96. The summed E-state index contributed by atoms with van der Waals surface area (Å²) in [6, 6.07) is 4.06. The van der Waals surface area contributed by atoms with Crippen LogP contribution in [0.5, 0.6) is 0 Å². The van der Waals surface area contributed by atoms with E-state index in [1.165, 1.54) is 0 Å². The van der Waals surface area contributed by atoms with Crippen LogP contribution >= 0.6 is 0 Å². The Morgan fingerprint density at radius 1 is 1.12 bits per heavy atom. The van der Waals surface area contributed by atoms with Crippen LogP contribution in [0, 0.1) is 18.6 Å². The monoisotopic (exact) mass is 347 g/mol. The Morgan fingerprint density at radius 2 is 1.80 bits per heavy atom. The van der Waals surface area contributed by atoms with E-state index in [1.54, 1.807) is 6.07 Å². The first-order valence-corrected chi connectivity index (χ1v) is 8.10. The van der Waals surface area contributed by atoms with Gasteiger partial charge >= 0.3 is 6.03 Å². The van der Waals surface area contributed by atoms with E-state index in [9.17, 15) is 13.6 Å². The number of carbonyl (C=O) groups excluding carboxylic acids is 1. The van der Waals surface area contributed by atoms with Gasteiger partial charge in [-0.3, -0.25) is 0 Å². The second kappa shape index (κ2) is 7.42. The molecule has 132 valence electrons. The molecule has 0 aliphatic carbocycles. The van der Waals surface area contributed by atoms with Crippen molar-refractivity contribution in [2.75, 3.05) is 23.3 Å². The number of urea groups is 1. The zero-order valence-corrected chi connectivity index (χ0v) is 13.9. The van der Waals surface area contributed by atoms with Crippen molar-refractivity contribution in [3.8, 4) is 0 Å². The number of nitrogens with zero attached hydrogens (tertiary/aromatic N) is 3. The molecule has 0 saturated carbocycles. The molecule has 2 N–H and O–H groups in total. The highest BCUT2D eigenvalue weighted by Crippen LogP contribution is 2.17. The van der Waals surface area contributed by atoms with Crippen LogP contribution in [-0.2, 0) is 6.54 Å². The van der Waals surface area contributed by atoms with Crippen molar-refractivity contribution in [2.45, 2.75) is 26.3 Å². The molecule has 0 atom stereocenters. The summed E-state index contributed by atoms with van der Waals surface area (Å²) in [5.74, 6) is -0.837. The number of aromatic nitrogens is 2. The molecule has 2 heterocycles. The van der Waals surface area contributed by atoms with Gasteiger partial charge in [-0.1, -0.05) is 0 Å². The number of halogens is 2. The number of hydrogen-bond acceptors (Lipinski definition) is 4.